The van der Waals surface area contributed by atoms with Crippen molar-refractivity contribution in [1.82, 2.24) is 4.90 Å². The number of carbonyl (C=O) groups is 1. The van der Waals surface area contributed by atoms with E-state index in [-0.39, 0.29) is 23.5 Å². The van der Waals surface area contributed by atoms with Crippen LogP contribution in [0.2, 0.25) is 0 Å². The Hall–Kier alpha value is -1.69. The number of carbonyl (C=O) groups excluding carboxylic acids is 1. The molecule has 0 aromatic heterocycles. The van der Waals surface area contributed by atoms with Crippen molar-refractivity contribution in [2.75, 3.05) is 18.6 Å². The van der Waals surface area contributed by atoms with E-state index in [0.717, 1.165) is 0 Å². The molecule has 0 radical (unpaired) electrons. The average molecular weight is 311 g/mol. The molecule has 1 heterocycles. The summed E-state index contributed by atoms with van der Waals surface area (Å²) >= 11 is 0. The fourth-order valence-electron chi connectivity index (χ4n) is 2.41. The molecule has 1 aliphatic heterocycles. The maximum absolute atomic E-state index is 13.6. The first-order valence-corrected chi connectivity index (χ1v) is 8.53. The lowest BCUT2D eigenvalue weighted by Crippen LogP contribution is -2.38. The van der Waals surface area contributed by atoms with Crippen molar-refractivity contribution in [3.8, 4) is 0 Å². The fourth-order valence-corrected chi connectivity index (χ4v) is 4.19. The highest BCUT2D eigenvalue weighted by Crippen LogP contribution is 2.19. The van der Waals surface area contributed by atoms with E-state index < -0.39 is 15.7 Å². The Balaban J connectivity index is 2.14. The molecule has 1 saturated heterocycles. The minimum absolute atomic E-state index is 0.00220. The average Bonchev–Trinajstić information content (AvgIpc) is 2.80. The van der Waals surface area contributed by atoms with Gasteiger partial charge in [0.2, 0.25) is 5.91 Å². The maximum atomic E-state index is 13.6. The van der Waals surface area contributed by atoms with E-state index in [4.69, 9.17) is 0 Å². The third-order valence-electron chi connectivity index (χ3n) is 3.69. The number of nitrogens with zero attached hydrogens (tertiary/aromatic N) is 1. The third-order valence-corrected chi connectivity index (χ3v) is 5.44. The molecular weight excluding hydrogens is 293 g/mol. The molecular formula is C15H18FNO3S. The molecule has 2 rings (SSSR count). The Morgan fingerprint density at radius 3 is 2.62 bits per heavy atom. The van der Waals surface area contributed by atoms with Gasteiger partial charge < -0.3 is 4.90 Å². The number of amides is 1. The van der Waals surface area contributed by atoms with Crippen LogP contribution in [-0.4, -0.2) is 43.8 Å². The van der Waals surface area contributed by atoms with E-state index in [9.17, 15) is 17.6 Å². The Morgan fingerprint density at radius 2 is 2.05 bits per heavy atom. The zero-order chi connectivity index (χ0) is 15.6. The largest absolute Gasteiger partial charge is 0.338 e. The molecule has 6 heteroatoms. The number of hydrogen-bond acceptors (Lipinski definition) is 3. The first-order chi connectivity index (χ1) is 9.80. The van der Waals surface area contributed by atoms with Gasteiger partial charge in [0.1, 0.15) is 5.82 Å². The van der Waals surface area contributed by atoms with E-state index in [2.05, 4.69) is 0 Å². The van der Waals surface area contributed by atoms with Crippen LogP contribution in [0.5, 0.6) is 0 Å². The van der Waals surface area contributed by atoms with Crippen molar-refractivity contribution in [2.45, 2.75) is 19.4 Å². The predicted octanol–water partition coefficient (Wildman–Crippen LogP) is 1.87. The second-order valence-corrected chi connectivity index (χ2v) is 7.55. The van der Waals surface area contributed by atoms with Gasteiger partial charge in [-0.15, -0.1) is 0 Å². The summed E-state index contributed by atoms with van der Waals surface area (Å²) in [7, 11) is -1.45. The molecule has 4 nitrogen and oxygen atoms in total. The van der Waals surface area contributed by atoms with Gasteiger partial charge in [0, 0.05) is 24.2 Å². The Morgan fingerprint density at radius 1 is 1.38 bits per heavy atom. The summed E-state index contributed by atoms with van der Waals surface area (Å²) in [6.45, 7) is 1.61. The summed E-state index contributed by atoms with van der Waals surface area (Å²) in [6.07, 6.45) is 1.94. The molecule has 1 amide bonds. The lowest BCUT2D eigenvalue weighted by molar-refractivity contribution is -0.127. The van der Waals surface area contributed by atoms with Crippen LogP contribution in [0.25, 0.3) is 6.08 Å². The van der Waals surface area contributed by atoms with Crippen LogP contribution in [0.4, 0.5) is 4.39 Å². The topological polar surface area (TPSA) is 54.5 Å². The molecule has 1 fully saturated rings. The summed E-state index contributed by atoms with van der Waals surface area (Å²) in [5.41, 5.74) is 0.725. The first-order valence-electron chi connectivity index (χ1n) is 6.70. The zero-order valence-corrected chi connectivity index (χ0v) is 12.9. The molecule has 0 spiro atoms. The molecule has 21 heavy (non-hydrogen) atoms. The summed E-state index contributed by atoms with van der Waals surface area (Å²) in [4.78, 5) is 13.7. The van der Waals surface area contributed by atoms with Gasteiger partial charge in [0.25, 0.3) is 0 Å². The highest BCUT2D eigenvalue weighted by Gasteiger charge is 2.32. The summed E-state index contributed by atoms with van der Waals surface area (Å²) in [5.74, 6) is -0.552. The van der Waals surface area contributed by atoms with E-state index >= 15 is 0 Å². The van der Waals surface area contributed by atoms with Crippen LogP contribution in [0.15, 0.2) is 29.8 Å². The molecule has 114 valence electrons. The number of likely N-dealkylation sites (N-methyl/N-ethyl adjacent to an activating group) is 1. The number of halogens is 1. The smallest absolute Gasteiger partial charge is 0.249 e. The highest BCUT2D eigenvalue weighted by atomic mass is 32.2. The fraction of sp³-hybridized carbons (Fsp3) is 0.400. The van der Waals surface area contributed by atoms with Gasteiger partial charge in [0.05, 0.1) is 11.5 Å². The Labute approximate surface area is 124 Å². The van der Waals surface area contributed by atoms with Gasteiger partial charge in [-0.25, -0.2) is 12.8 Å². The van der Waals surface area contributed by atoms with Crippen LogP contribution in [0.1, 0.15) is 18.9 Å². The monoisotopic (exact) mass is 311 g/mol. The maximum Gasteiger partial charge on any atom is 0.249 e. The lowest BCUT2D eigenvalue weighted by Gasteiger charge is -2.23. The Kier molecular flexibility index (Phi) is 4.46. The second kappa shape index (κ2) is 5.97. The second-order valence-electron chi connectivity index (χ2n) is 5.32. The molecule has 0 N–H and O–H groups in total. The zero-order valence-electron chi connectivity index (χ0n) is 12.0. The highest BCUT2D eigenvalue weighted by molar-refractivity contribution is 7.91. The molecule has 1 aromatic carbocycles. The van der Waals surface area contributed by atoms with E-state index in [1.54, 1.807) is 32.2 Å². The van der Waals surface area contributed by atoms with Crippen molar-refractivity contribution in [2.24, 2.45) is 0 Å². The molecule has 0 saturated carbocycles. The van der Waals surface area contributed by atoms with E-state index in [1.165, 1.54) is 17.0 Å². The minimum atomic E-state index is -3.04. The van der Waals surface area contributed by atoms with Crippen molar-refractivity contribution in [3.63, 3.8) is 0 Å². The van der Waals surface area contributed by atoms with Crippen LogP contribution in [-0.2, 0) is 14.6 Å². The van der Waals surface area contributed by atoms with Crippen molar-refractivity contribution < 1.29 is 17.6 Å². The van der Waals surface area contributed by atoms with Crippen molar-refractivity contribution in [1.29, 1.82) is 0 Å². The first kappa shape index (κ1) is 15.7. The van der Waals surface area contributed by atoms with Gasteiger partial charge in [-0.3, -0.25) is 4.79 Å². The molecule has 0 aliphatic carbocycles. The minimum Gasteiger partial charge on any atom is -0.338 e. The van der Waals surface area contributed by atoms with Crippen molar-refractivity contribution in [3.05, 3.63) is 41.2 Å². The Bertz CT molecular complexity index is 682. The molecule has 1 aromatic rings. The summed E-state index contributed by atoms with van der Waals surface area (Å²) < 4.78 is 36.5. The quantitative estimate of drug-likeness (QED) is 0.801. The van der Waals surface area contributed by atoms with Gasteiger partial charge in [-0.2, -0.15) is 0 Å². The number of sulfone groups is 1. The van der Waals surface area contributed by atoms with Crippen LogP contribution >= 0.6 is 0 Å². The number of hydrogen-bond donors (Lipinski definition) is 0. The van der Waals surface area contributed by atoms with Gasteiger partial charge in [-0.1, -0.05) is 18.2 Å². The van der Waals surface area contributed by atoms with E-state index in [0.29, 0.717) is 17.6 Å². The van der Waals surface area contributed by atoms with Crippen LogP contribution < -0.4 is 0 Å². The van der Waals surface area contributed by atoms with Crippen molar-refractivity contribution >= 4 is 21.8 Å². The standard InChI is InChI=1S/C15H18FNO3S/c1-11(9-12-5-3-4-6-14(12)16)15(18)17(2)13-7-8-21(19,20)10-13/h3-6,9,13H,7-8,10H2,1-2H3/b11-9+. The molecule has 1 aliphatic rings. The lowest BCUT2D eigenvalue weighted by atomic mass is 10.1. The summed E-state index contributed by atoms with van der Waals surface area (Å²) in [5, 5.41) is 0. The molecule has 1 unspecified atom stereocenters. The van der Waals surface area contributed by atoms with Crippen LogP contribution in [0, 0.1) is 5.82 Å². The molecule has 1 atom stereocenters. The summed E-state index contributed by atoms with van der Waals surface area (Å²) in [6, 6.07) is 5.90. The normalized spacial score (nSPS) is 21.3. The number of rotatable bonds is 3. The SMILES string of the molecule is C/C(=C\c1ccccc1F)C(=O)N(C)C1CCS(=O)(=O)C1. The van der Waals surface area contributed by atoms with Gasteiger partial charge in [-0.05, 0) is 25.5 Å². The molecule has 0 bridgehead atoms. The van der Waals surface area contributed by atoms with E-state index in [1.807, 2.05) is 0 Å². The van der Waals surface area contributed by atoms with Gasteiger partial charge >= 0.3 is 0 Å². The van der Waals surface area contributed by atoms with Crippen LogP contribution in [0.3, 0.4) is 0 Å². The predicted molar refractivity (Wildman–Crippen MR) is 79.9 cm³/mol. The van der Waals surface area contributed by atoms with Gasteiger partial charge in [0.15, 0.2) is 9.84 Å². The number of benzene rings is 1. The third kappa shape index (κ3) is 3.69.